The van der Waals surface area contributed by atoms with Crippen LogP contribution in [0.1, 0.15) is 16.7 Å². The van der Waals surface area contributed by atoms with Gasteiger partial charge >= 0.3 is 0 Å². The van der Waals surface area contributed by atoms with Gasteiger partial charge in [-0.2, -0.15) is 0 Å². The van der Waals surface area contributed by atoms with Crippen LogP contribution in [0.15, 0.2) is 71.9 Å². The average Bonchev–Trinajstić information content (AvgIpc) is 3.07. The molecule has 1 fully saturated rings. The van der Waals surface area contributed by atoms with Gasteiger partial charge in [0.15, 0.2) is 11.5 Å². The van der Waals surface area contributed by atoms with Gasteiger partial charge in [0.2, 0.25) is 0 Å². The van der Waals surface area contributed by atoms with Crippen LogP contribution in [0.4, 0.5) is 9.18 Å². The summed E-state index contributed by atoms with van der Waals surface area (Å²) < 4.78 is 24.4. The lowest BCUT2D eigenvalue weighted by atomic mass is 10.1. The molecule has 2 aromatic carbocycles. The van der Waals surface area contributed by atoms with Crippen LogP contribution >= 0.6 is 11.8 Å². The Labute approximate surface area is 188 Å². The molecule has 0 saturated carbocycles. The molecule has 0 unspecified atom stereocenters. The maximum absolute atomic E-state index is 13.1. The highest BCUT2D eigenvalue weighted by molar-refractivity contribution is 8.18. The van der Waals surface area contributed by atoms with Gasteiger partial charge in [-0.1, -0.05) is 18.2 Å². The molecule has 1 aliphatic rings. The molecule has 0 N–H and O–H groups in total. The number of amides is 2. The molecule has 3 aromatic rings. The summed E-state index contributed by atoms with van der Waals surface area (Å²) in [7, 11) is 1.54. The number of methoxy groups -OCH3 is 1. The van der Waals surface area contributed by atoms with Crippen molar-refractivity contribution in [2.24, 2.45) is 0 Å². The van der Waals surface area contributed by atoms with E-state index in [2.05, 4.69) is 4.98 Å². The molecule has 1 aliphatic heterocycles. The standard InChI is InChI=1S/C24H19FN2O4S/c1-30-21-12-18(4-7-20(21)31-15-17-8-10-26-11-9-17)13-22-23(28)27(24(29)32-22)14-16-2-5-19(25)6-3-16/h2-13H,14-15H2,1H3/b22-13+. The van der Waals surface area contributed by atoms with Crippen molar-refractivity contribution in [2.45, 2.75) is 13.2 Å². The number of carbonyl (C=O) groups is 2. The third kappa shape index (κ3) is 4.97. The fraction of sp³-hybridized carbons (Fsp3) is 0.125. The van der Waals surface area contributed by atoms with Gasteiger partial charge in [0, 0.05) is 12.4 Å². The summed E-state index contributed by atoms with van der Waals surface area (Å²) in [4.78, 5) is 30.5. The Morgan fingerprint density at radius 3 is 2.47 bits per heavy atom. The maximum Gasteiger partial charge on any atom is 0.293 e. The largest absolute Gasteiger partial charge is 0.493 e. The molecule has 162 valence electrons. The molecule has 0 bridgehead atoms. The van der Waals surface area contributed by atoms with E-state index in [0.29, 0.717) is 34.1 Å². The highest BCUT2D eigenvalue weighted by atomic mass is 32.2. The quantitative estimate of drug-likeness (QED) is 0.470. The van der Waals surface area contributed by atoms with Gasteiger partial charge in [-0.3, -0.25) is 19.5 Å². The van der Waals surface area contributed by atoms with E-state index in [1.165, 1.54) is 19.2 Å². The van der Waals surface area contributed by atoms with Crippen LogP contribution < -0.4 is 9.47 Å². The Balaban J connectivity index is 1.48. The van der Waals surface area contributed by atoms with E-state index in [0.717, 1.165) is 22.2 Å². The van der Waals surface area contributed by atoms with Crippen LogP contribution in [0.3, 0.4) is 0 Å². The lowest BCUT2D eigenvalue weighted by molar-refractivity contribution is -0.123. The van der Waals surface area contributed by atoms with Crippen LogP contribution in [-0.2, 0) is 17.9 Å². The van der Waals surface area contributed by atoms with Gasteiger partial charge in [-0.15, -0.1) is 0 Å². The predicted molar refractivity (Wildman–Crippen MR) is 119 cm³/mol. The van der Waals surface area contributed by atoms with Gasteiger partial charge in [-0.25, -0.2) is 4.39 Å². The highest BCUT2D eigenvalue weighted by Crippen LogP contribution is 2.35. The molecule has 4 rings (SSSR count). The van der Waals surface area contributed by atoms with E-state index in [-0.39, 0.29) is 23.5 Å². The van der Waals surface area contributed by atoms with Crippen LogP contribution in [0.5, 0.6) is 11.5 Å². The lowest BCUT2D eigenvalue weighted by Gasteiger charge is -2.12. The summed E-state index contributed by atoms with van der Waals surface area (Å²) >= 11 is 0.871. The first kappa shape index (κ1) is 21.6. The zero-order valence-corrected chi connectivity index (χ0v) is 18.0. The van der Waals surface area contributed by atoms with Crippen molar-refractivity contribution in [3.05, 3.63) is 94.4 Å². The molecule has 0 aliphatic carbocycles. The van der Waals surface area contributed by atoms with E-state index in [1.54, 1.807) is 48.8 Å². The van der Waals surface area contributed by atoms with E-state index >= 15 is 0 Å². The minimum atomic E-state index is -0.388. The maximum atomic E-state index is 13.1. The zero-order chi connectivity index (χ0) is 22.5. The molecular weight excluding hydrogens is 431 g/mol. The van der Waals surface area contributed by atoms with Crippen LogP contribution in [-0.4, -0.2) is 28.1 Å². The molecule has 6 nitrogen and oxygen atoms in total. The normalized spacial score (nSPS) is 14.8. The topological polar surface area (TPSA) is 68.7 Å². The first-order valence-electron chi connectivity index (χ1n) is 9.73. The van der Waals surface area contributed by atoms with Crippen LogP contribution in [0.25, 0.3) is 6.08 Å². The Hall–Kier alpha value is -3.65. The number of thioether (sulfide) groups is 1. The summed E-state index contributed by atoms with van der Waals surface area (Å²) in [5.41, 5.74) is 2.35. The average molecular weight is 450 g/mol. The van der Waals surface area contributed by atoms with E-state index < -0.39 is 0 Å². The van der Waals surface area contributed by atoms with Gasteiger partial charge in [0.1, 0.15) is 12.4 Å². The van der Waals surface area contributed by atoms with E-state index in [4.69, 9.17) is 9.47 Å². The highest BCUT2D eigenvalue weighted by Gasteiger charge is 2.35. The van der Waals surface area contributed by atoms with Gasteiger partial charge < -0.3 is 9.47 Å². The third-order valence-electron chi connectivity index (χ3n) is 4.76. The molecule has 2 amide bonds. The van der Waals surface area contributed by atoms with Crippen molar-refractivity contribution in [1.29, 1.82) is 0 Å². The number of ether oxygens (including phenoxy) is 2. The number of hydrogen-bond acceptors (Lipinski definition) is 6. The number of benzene rings is 2. The Bertz CT molecular complexity index is 1170. The monoisotopic (exact) mass is 450 g/mol. The molecule has 32 heavy (non-hydrogen) atoms. The van der Waals surface area contributed by atoms with Crippen molar-refractivity contribution >= 4 is 29.0 Å². The third-order valence-corrected chi connectivity index (χ3v) is 5.66. The van der Waals surface area contributed by atoms with Crippen molar-refractivity contribution in [3.63, 3.8) is 0 Å². The Morgan fingerprint density at radius 1 is 1.00 bits per heavy atom. The number of aromatic nitrogens is 1. The summed E-state index contributed by atoms with van der Waals surface area (Å²) in [5.74, 6) is 0.315. The summed E-state index contributed by atoms with van der Waals surface area (Å²) in [6.07, 6.45) is 5.04. The minimum absolute atomic E-state index is 0.0907. The summed E-state index contributed by atoms with van der Waals surface area (Å²) in [6, 6.07) is 14.7. The van der Waals surface area contributed by atoms with Gasteiger partial charge in [0.25, 0.3) is 11.1 Å². The molecular formula is C24H19FN2O4S. The zero-order valence-electron chi connectivity index (χ0n) is 17.2. The number of halogens is 1. The lowest BCUT2D eigenvalue weighted by Crippen LogP contribution is -2.27. The van der Waals surface area contributed by atoms with Crippen LogP contribution in [0.2, 0.25) is 0 Å². The number of pyridine rings is 1. The molecule has 0 radical (unpaired) electrons. The number of rotatable bonds is 7. The fourth-order valence-electron chi connectivity index (χ4n) is 3.09. The first-order valence-corrected chi connectivity index (χ1v) is 10.5. The Morgan fingerprint density at radius 2 is 1.75 bits per heavy atom. The molecule has 1 aromatic heterocycles. The molecule has 1 saturated heterocycles. The minimum Gasteiger partial charge on any atom is -0.493 e. The second-order valence-corrected chi connectivity index (χ2v) is 7.94. The second-order valence-electron chi connectivity index (χ2n) is 6.95. The number of nitrogens with zero attached hydrogens (tertiary/aromatic N) is 2. The molecule has 0 atom stereocenters. The molecule has 0 spiro atoms. The van der Waals surface area contributed by atoms with Crippen molar-refractivity contribution in [1.82, 2.24) is 9.88 Å². The number of carbonyl (C=O) groups excluding carboxylic acids is 2. The summed E-state index contributed by atoms with van der Waals surface area (Å²) in [6.45, 7) is 0.452. The molecule has 8 heteroatoms. The van der Waals surface area contributed by atoms with Gasteiger partial charge in [-0.05, 0) is 70.9 Å². The van der Waals surface area contributed by atoms with Crippen molar-refractivity contribution in [3.8, 4) is 11.5 Å². The van der Waals surface area contributed by atoms with Gasteiger partial charge in [0.05, 0.1) is 18.6 Å². The number of imide groups is 1. The fourth-order valence-corrected chi connectivity index (χ4v) is 3.93. The van der Waals surface area contributed by atoms with Crippen molar-refractivity contribution < 1.29 is 23.5 Å². The first-order chi connectivity index (χ1) is 15.5. The number of hydrogen-bond donors (Lipinski definition) is 0. The second kappa shape index (κ2) is 9.65. The molecule has 2 heterocycles. The van der Waals surface area contributed by atoms with Crippen molar-refractivity contribution in [2.75, 3.05) is 7.11 Å². The SMILES string of the molecule is COc1cc(/C=C2/SC(=O)N(Cc3ccc(F)cc3)C2=O)ccc1OCc1ccncc1. The van der Waals surface area contributed by atoms with E-state index in [9.17, 15) is 14.0 Å². The van der Waals surface area contributed by atoms with E-state index in [1.807, 2.05) is 12.1 Å². The predicted octanol–water partition coefficient (Wildman–Crippen LogP) is 5.04. The summed E-state index contributed by atoms with van der Waals surface area (Å²) in [5, 5.41) is -0.366. The Kier molecular flexibility index (Phi) is 6.51. The van der Waals surface area contributed by atoms with Crippen LogP contribution in [0, 0.1) is 5.82 Å². The smallest absolute Gasteiger partial charge is 0.293 e.